The molecule has 150 valence electrons. The molecule has 0 N–H and O–H groups in total. The number of nitriles is 1. The average molecular weight is 434 g/mol. The summed E-state index contributed by atoms with van der Waals surface area (Å²) in [6, 6.07) is 16.0. The van der Waals surface area contributed by atoms with Gasteiger partial charge in [-0.25, -0.2) is 4.98 Å². The number of benzene rings is 2. The Morgan fingerprint density at radius 3 is 2.53 bits per heavy atom. The predicted octanol–water partition coefficient (Wildman–Crippen LogP) is 7.23. The molecule has 30 heavy (non-hydrogen) atoms. The largest absolute Gasteiger partial charge is 0.315 e. The van der Waals surface area contributed by atoms with Crippen LogP contribution in [-0.2, 0) is 0 Å². The van der Waals surface area contributed by atoms with Crippen LogP contribution < -0.4 is 0 Å². The van der Waals surface area contributed by atoms with Crippen LogP contribution in [0.15, 0.2) is 65.7 Å². The van der Waals surface area contributed by atoms with E-state index in [2.05, 4.69) is 55.7 Å². The molecule has 3 aromatic rings. The van der Waals surface area contributed by atoms with E-state index in [0.29, 0.717) is 15.7 Å². The standard InChI is InChI=1S/C25H21Cl2N3/c1-15-7-9-19(11-17(15)3)25-29-22(14-28)24(18-5-4-6-20(26)12-18)30(25)23-13-21(27)10-8-16(23)2/h4-13,16,23H,1-3H3. The van der Waals surface area contributed by atoms with Gasteiger partial charge in [0.15, 0.2) is 5.69 Å². The highest BCUT2D eigenvalue weighted by Crippen LogP contribution is 2.39. The summed E-state index contributed by atoms with van der Waals surface area (Å²) in [5, 5.41) is 11.2. The number of nitrogens with zero attached hydrogens (tertiary/aromatic N) is 3. The second-order valence-corrected chi connectivity index (χ2v) is 8.56. The lowest BCUT2D eigenvalue weighted by atomic mass is 9.95. The molecule has 0 bridgehead atoms. The minimum atomic E-state index is -0.0808. The number of allylic oxidation sites excluding steroid dienone is 4. The summed E-state index contributed by atoms with van der Waals surface area (Å²) in [7, 11) is 0. The Morgan fingerprint density at radius 2 is 1.83 bits per heavy atom. The van der Waals surface area contributed by atoms with Crippen molar-refractivity contribution in [2.45, 2.75) is 26.8 Å². The van der Waals surface area contributed by atoms with Gasteiger partial charge in [-0.15, -0.1) is 0 Å². The van der Waals surface area contributed by atoms with Crippen molar-refractivity contribution in [3.63, 3.8) is 0 Å². The van der Waals surface area contributed by atoms with Crippen molar-refractivity contribution in [1.29, 1.82) is 5.26 Å². The van der Waals surface area contributed by atoms with Crippen LogP contribution in [0.3, 0.4) is 0 Å². The fourth-order valence-electron chi connectivity index (χ4n) is 3.83. The zero-order chi connectivity index (χ0) is 21.4. The Kier molecular flexibility index (Phi) is 5.56. The first-order valence-corrected chi connectivity index (χ1v) is 10.6. The highest BCUT2D eigenvalue weighted by atomic mass is 35.5. The SMILES string of the molecule is Cc1ccc(-c2nc(C#N)c(-c3cccc(Cl)c3)n2C2C=C(Cl)C=CC2C)cc1C. The molecule has 0 fully saturated rings. The fraction of sp³-hybridized carbons (Fsp3) is 0.200. The molecular weight excluding hydrogens is 413 g/mol. The number of hydrogen-bond donors (Lipinski definition) is 0. The van der Waals surface area contributed by atoms with Crippen molar-refractivity contribution in [1.82, 2.24) is 9.55 Å². The van der Waals surface area contributed by atoms with Crippen LogP contribution in [0.4, 0.5) is 0 Å². The van der Waals surface area contributed by atoms with Gasteiger partial charge in [0.05, 0.1) is 11.7 Å². The molecule has 3 nitrogen and oxygen atoms in total. The highest BCUT2D eigenvalue weighted by Gasteiger charge is 2.28. The summed E-state index contributed by atoms with van der Waals surface area (Å²) in [6.07, 6.45) is 6.03. The monoisotopic (exact) mass is 433 g/mol. The summed E-state index contributed by atoms with van der Waals surface area (Å²) in [4.78, 5) is 4.77. The van der Waals surface area contributed by atoms with E-state index in [1.165, 1.54) is 11.1 Å². The lowest BCUT2D eigenvalue weighted by Gasteiger charge is -2.27. The summed E-state index contributed by atoms with van der Waals surface area (Å²) in [5.74, 6) is 0.925. The van der Waals surface area contributed by atoms with E-state index >= 15 is 0 Å². The highest BCUT2D eigenvalue weighted by molar-refractivity contribution is 6.31. The molecule has 0 radical (unpaired) electrons. The van der Waals surface area contributed by atoms with E-state index in [-0.39, 0.29) is 12.0 Å². The van der Waals surface area contributed by atoms with E-state index in [9.17, 15) is 5.26 Å². The molecule has 0 saturated heterocycles. The van der Waals surface area contributed by atoms with Crippen molar-refractivity contribution < 1.29 is 0 Å². The first-order chi connectivity index (χ1) is 14.4. The first kappa shape index (κ1) is 20.5. The van der Waals surface area contributed by atoms with Gasteiger partial charge in [-0.1, -0.05) is 60.5 Å². The van der Waals surface area contributed by atoms with Gasteiger partial charge in [0.1, 0.15) is 11.9 Å². The molecule has 2 atom stereocenters. The second-order valence-electron chi connectivity index (χ2n) is 7.68. The minimum Gasteiger partial charge on any atom is -0.315 e. The van der Waals surface area contributed by atoms with E-state index in [1.807, 2.05) is 36.4 Å². The number of halogens is 2. The summed E-state index contributed by atoms with van der Waals surface area (Å²) in [5.41, 5.74) is 5.33. The van der Waals surface area contributed by atoms with Crippen molar-refractivity contribution >= 4 is 23.2 Å². The molecular formula is C25H21Cl2N3. The maximum Gasteiger partial charge on any atom is 0.167 e. The zero-order valence-corrected chi connectivity index (χ0v) is 18.5. The Labute approximate surface area is 186 Å². The van der Waals surface area contributed by atoms with Gasteiger partial charge in [-0.3, -0.25) is 0 Å². The van der Waals surface area contributed by atoms with Crippen LogP contribution in [0.5, 0.6) is 0 Å². The molecule has 1 heterocycles. The van der Waals surface area contributed by atoms with Gasteiger partial charge in [-0.05, 0) is 61.2 Å². The number of aryl methyl sites for hydroxylation is 2. The van der Waals surface area contributed by atoms with E-state index in [0.717, 1.165) is 22.6 Å². The molecule has 0 aliphatic heterocycles. The maximum absolute atomic E-state index is 9.93. The van der Waals surface area contributed by atoms with Gasteiger partial charge >= 0.3 is 0 Å². The van der Waals surface area contributed by atoms with E-state index in [1.54, 1.807) is 0 Å². The first-order valence-electron chi connectivity index (χ1n) is 9.80. The van der Waals surface area contributed by atoms with E-state index < -0.39 is 0 Å². The van der Waals surface area contributed by atoms with Gasteiger partial charge in [0, 0.05) is 21.2 Å². The molecule has 4 rings (SSSR count). The smallest absolute Gasteiger partial charge is 0.167 e. The van der Waals surface area contributed by atoms with Crippen LogP contribution in [0.2, 0.25) is 5.02 Å². The molecule has 0 amide bonds. The third-order valence-corrected chi connectivity index (χ3v) is 6.09. The number of aromatic nitrogens is 2. The summed E-state index contributed by atoms with van der Waals surface area (Å²) < 4.78 is 2.13. The average Bonchev–Trinajstić information content (AvgIpc) is 3.11. The Bertz CT molecular complexity index is 1230. The van der Waals surface area contributed by atoms with Crippen molar-refractivity contribution in [2.24, 2.45) is 5.92 Å². The fourth-order valence-corrected chi connectivity index (χ4v) is 4.23. The second kappa shape index (κ2) is 8.14. The molecule has 0 spiro atoms. The van der Waals surface area contributed by atoms with Crippen LogP contribution in [0.1, 0.15) is 29.8 Å². The molecule has 1 aliphatic rings. The minimum absolute atomic E-state index is 0.0808. The molecule has 2 unspecified atom stereocenters. The third-order valence-electron chi connectivity index (χ3n) is 5.61. The molecule has 5 heteroatoms. The number of rotatable bonds is 3. The Morgan fingerprint density at radius 1 is 1.03 bits per heavy atom. The normalized spacial score (nSPS) is 18.2. The quantitative estimate of drug-likeness (QED) is 0.436. The molecule has 0 saturated carbocycles. The Hall–Kier alpha value is -2.80. The van der Waals surface area contributed by atoms with E-state index in [4.69, 9.17) is 28.2 Å². The Balaban J connectivity index is 2.05. The lowest BCUT2D eigenvalue weighted by molar-refractivity contribution is 0.492. The molecule has 1 aromatic heterocycles. The molecule has 2 aromatic carbocycles. The van der Waals surface area contributed by atoms with Gasteiger partial charge in [-0.2, -0.15) is 5.26 Å². The third kappa shape index (κ3) is 3.69. The maximum atomic E-state index is 9.93. The lowest BCUT2D eigenvalue weighted by Crippen LogP contribution is -2.18. The van der Waals surface area contributed by atoms with Crippen LogP contribution in [0, 0.1) is 31.1 Å². The van der Waals surface area contributed by atoms with Crippen LogP contribution in [-0.4, -0.2) is 9.55 Å². The van der Waals surface area contributed by atoms with Gasteiger partial charge < -0.3 is 4.57 Å². The van der Waals surface area contributed by atoms with Crippen molar-refractivity contribution in [2.75, 3.05) is 0 Å². The number of imidazole rings is 1. The van der Waals surface area contributed by atoms with Crippen LogP contribution in [0.25, 0.3) is 22.6 Å². The molecule has 1 aliphatic carbocycles. The van der Waals surface area contributed by atoms with Gasteiger partial charge in [0.2, 0.25) is 0 Å². The summed E-state index contributed by atoms with van der Waals surface area (Å²) >= 11 is 12.7. The zero-order valence-electron chi connectivity index (χ0n) is 17.0. The van der Waals surface area contributed by atoms with Crippen LogP contribution >= 0.6 is 23.2 Å². The predicted molar refractivity (Wildman–Crippen MR) is 124 cm³/mol. The number of hydrogen-bond acceptors (Lipinski definition) is 2. The summed E-state index contributed by atoms with van der Waals surface area (Å²) in [6.45, 7) is 6.30. The van der Waals surface area contributed by atoms with Gasteiger partial charge in [0.25, 0.3) is 0 Å². The van der Waals surface area contributed by atoms with Crippen molar-refractivity contribution in [3.8, 4) is 28.7 Å². The van der Waals surface area contributed by atoms with Crippen molar-refractivity contribution in [3.05, 3.63) is 87.6 Å². The topological polar surface area (TPSA) is 41.6 Å².